The molecule has 0 aromatic carbocycles. The van der Waals surface area contributed by atoms with Gasteiger partial charge in [0.2, 0.25) is 11.8 Å². The number of carboxylic acids is 1. The van der Waals surface area contributed by atoms with E-state index in [-0.39, 0.29) is 31.4 Å². The number of hydrogen-bond acceptors (Lipinski definition) is 11. The molecule has 1 fully saturated rings. The van der Waals surface area contributed by atoms with E-state index in [4.69, 9.17) is 19.7 Å². The number of likely N-dealkylation sites (N-methyl/N-ethyl adjacent to an activating group) is 1. The topological polar surface area (TPSA) is 192 Å². The number of aldehydes is 1. The second-order valence-corrected chi connectivity index (χ2v) is 9.37. The van der Waals surface area contributed by atoms with Crippen LogP contribution in [0.1, 0.15) is 47.0 Å². The van der Waals surface area contributed by atoms with Crippen molar-refractivity contribution in [3.63, 3.8) is 0 Å². The zero-order valence-electron chi connectivity index (χ0n) is 27.7. The molecule has 0 radical (unpaired) electrons. The number of rotatable bonds is 16. The van der Waals surface area contributed by atoms with E-state index < -0.39 is 5.97 Å². The molecule has 1 heterocycles. The van der Waals surface area contributed by atoms with Gasteiger partial charge in [-0.05, 0) is 13.0 Å². The molecule has 0 atom stereocenters. The van der Waals surface area contributed by atoms with Crippen LogP contribution in [0.3, 0.4) is 0 Å². The number of aliphatic carboxylic acids is 1. The largest absolute Gasteiger partial charge is 0.483 e. The Labute approximate surface area is 263 Å². The molecule has 0 spiro atoms. The Bertz CT molecular complexity index is 719. The Balaban J connectivity index is -0.00000221. The maximum atomic E-state index is 12.6. The maximum absolute atomic E-state index is 12.6. The molecule has 1 aliphatic rings. The highest BCUT2D eigenvalue weighted by atomic mass is 16.5. The van der Waals surface area contributed by atoms with Gasteiger partial charge in [0.25, 0.3) is 6.47 Å². The fraction of sp³-hybridized carbons (Fsp3) is 0.828. The predicted molar refractivity (Wildman–Crippen MR) is 170 cm³/mol. The van der Waals surface area contributed by atoms with Crippen molar-refractivity contribution in [3.05, 3.63) is 0 Å². The number of carboxylic acid groups (broad SMARTS) is 2. The van der Waals surface area contributed by atoms with E-state index in [1.807, 2.05) is 18.7 Å². The third-order valence-electron chi connectivity index (χ3n) is 6.33. The summed E-state index contributed by atoms with van der Waals surface area (Å²) in [5.41, 5.74) is 0. The lowest BCUT2D eigenvalue weighted by Gasteiger charge is -2.32. The lowest BCUT2D eigenvalue weighted by atomic mass is 10.3. The number of carbonyl (C=O) groups is 5. The number of nitrogens with zero attached hydrogens (tertiary/aromatic N) is 4. The number of unbranched alkanes of at least 4 members (excludes halogenated alkanes) is 1. The van der Waals surface area contributed by atoms with Crippen LogP contribution in [0.4, 0.5) is 0 Å². The molecule has 0 aromatic rings. The van der Waals surface area contributed by atoms with Crippen molar-refractivity contribution in [3.8, 4) is 0 Å². The van der Waals surface area contributed by atoms with Gasteiger partial charge < -0.3 is 40.4 Å². The van der Waals surface area contributed by atoms with Crippen LogP contribution in [0.25, 0.3) is 0 Å². The first-order chi connectivity index (χ1) is 21.3. The lowest BCUT2D eigenvalue weighted by Crippen LogP contribution is -2.49. The molecule has 15 heteroatoms. The Morgan fingerprint density at radius 1 is 0.750 bits per heavy atom. The van der Waals surface area contributed by atoms with Crippen molar-refractivity contribution in [1.82, 2.24) is 30.2 Å². The van der Waals surface area contributed by atoms with Crippen molar-refractivity contribution in [2.75, 3.05) is 112 Å². The number of aliphatic hydroxyl groups is 1. The monoisotopic (exact) mass is 636 g/mol. The Hall–Kier alpha value is -2.69. The lowest BCUT2D eigenvalue weighted by molar-refractivity contribution is -0.138. The SMILES string of the molecule is CC.CCCCNC(=O)CCOCCNC(=O)CN1CCN(CC)CCN(CC=O)CCN(CC(=O)O)CC1.CO.O=CO. The quantitative estimate of drug-likeness (QED) is 0.105. The molecule has 0 aliphatic carbocycles. The number of aliphatic hydroxyl groups excluding tert-OH is 1. The zero-order valence-corrected chi connectivity index (χ0v) is 27.7. The first-order valence-electron chi connectivity index (χ1n) is 15.5. The van der Waals surface area contributed by atoms with E-state index in [1.165, 1.54) is 0 Å². The molecule has 5 N–H and O–H groups in total. The number of hydrogen-bond donors (Lipinski definition) is 5. The average Bonchev–Trinajstić information content (AvgIpc) is 3.01. The van der Waals surface area contributed by atoms with E-state index in [2.05, 4.69) is 39.2 Å². The number of carbonyl (C=O) groups excluding carboxylic acids is 3. The van der Waals surface area contributed by atoms with E-state index in [9.17, 15) is 24.3 Å². The predicted octanol–water partition coefficient (Wildman–Crippen LogP) is -0.714. The fourth-order valence-corrected chi connectivity index (χ4v) is 3.97. The summed E-state index contributed by atoms with van der Waals surface area (Å²) in [5, 5.41) is 28.9. The van der Waals surface area contributed by atoms with Gasteiger partial charge in [-0.3, -0.25) is 33.9 Å². The number of ether oxygens (including phenoxy) is 1. The Kier molecular flexibility index (Phi) is 36.2. The molecule has 0 saturated carbocycles. The van der Waals surface area contributed by atoms with Crippen molar-refractivity contribution in [2.24, 2.45) is 0 Å². The summed E-state index contributed by atoms with van der Waals surface area (Å²) in [5.74, 6) is -1.03. The molecule has 1 rings (SSSR count). The Morgan fingerprint density at radius 2 is 1.23 bits per heavy atom. The Morgan fingerprint density at radius 3 is 1.70 bits per heavy atom. The van der Waals surface area contributed by atoms with Crippen LogP contribution in [0.5, 0.6) is 0 Å². The van der Waals surface area contributed by atoms with Crippen LogP contribution >= 0.6 is 0 Å². The van der Waals surface area contributed by atoms with Crippen LogP contribution in [0, 0.1) is 0 Å². The smallest absolute Gasteiger partial charge is 0.317 e. The third-order valence-corrected chi connectivity index (χ3v) is 6.33. The van der Waals surface area contributed by atoms with Crippen molar-refractivity contribution in [1.29, 1.82) is 0 Å². The molecule has 1 saturated heterocycles. The molecule has 15 nitrogen and oxygen atoms in total. The van der Waals surface area contributed by atoms with Gasteiger partial charge in [0.05, 0.1) is 32.8 Å². The summed E-state index contributed by atoms with van der Waals surface area (Å²) >= 11 is 0. The second-order valence-electron chi connectivity index (χ2n) is 9.37. The van der Waals surface area contributed by atoms with Crippen molar-refractivity contribution >= 4 is 30.5 Å². The first kappa shape index (κ1) is 45.7. The maximum Gasteiger partial charge on any atom is 0.317 e. The van der Waals surface area contributed by atoms with Gasteiger partial charge in [0.1, 0.15) is 6.29 Å². The molecule has 2 amide bonds. The summed E-state index contributed by atoms with van der Waals surface area (Å²) in [6.07, 6.45) is 3.19. The summed E-state index contributed by atoms with van der Waals surface area (Å²) in [6, 6.07) is 0. The van der Waals surface area contributed by atoms with Crippen LogP contribution in [-0.4, -0.2) is 177 Å². The molecule has 260 valence electrons. The van der Waals surface area contributed by atoms with Gasteiger partial charge in [-0.25, -0.2) is 0 Å². The average molecular weight is 637 g/mol. The van der Waals surface area contributed by atoms with Gasteiger partial charge >= 0.3 is 5.97 Å². The van der Waals surface area contributed by atoms with Gasteiger partial charge in [0.15, 0.2) is 0 Å². The van der Waals surface area contributed by atoms with Crippen molar-refractivity contribution < 1.29 is 44.0 Å². The third kappa shape index (κ3) is 29.4. The van der Waals surface area contributed by atoms with Crippen molar-refractivity contribution in [2.45, 2.75) is 47.0 Å². The first-order valence-corrected chi connectivity index (χ1v) is 15.5. The highest BCUT2D eigenvalue weighted by molar-refractivity contribution is 5.78. The van der Waals surface area contributed by atoms with Crippen LogP contribution < -0.4 is 10.6 Å². The zero-order chi connectivity index (χ0) is 34.0. The van der Waals surface area contributed by atoms with E-state index >= 15 is 0 Å². The van der Waals surface area contributed by atoms with Gasteiger partial charge in [-0.1, -0.05) is 34.1 Å². The van der Waals surface area contributed by atoms with Gasteiger partial charge in [0, 0.05) is 79.0 Å². The standard InChI is InChI=1S/C25H48N6O6.C2H6.CH2O2.CH4O/c1-3-5-7-26-23(33)6-19-37-20-8-27-24(34)21-30-13-10-28(4-2)9-11-29(17-18-32)12-14-31(16-15-30)22-25(35)36;1-2;2-1-3;1-2/h18H,3-17,19-22H2,1-2H3,(H,26,33)(H,27,34)(H,35,36);1-2H3;1H,(H,2,3);2H,1H3. The number of amides is 2. The second kappa shape index (κ2) is 34.8. The molecule has 0 aromatic heterocycles. The highest BCUT2D eigenvalue weighted by Gasteiger charge is 2.18. The summed E-state index contributed by atoms with van der Waals surface area (Å²) < 4.78 is 5.47. The normalized spacial score (nSPS) is 15.2. The minimum absolute atomic E-state index is 0.0256. The molecule has 44 heavy (non-hydrogen) atoms. The van der Waals surface area contributed by atoms with Gasteiger partial charge in [-0.2, -0.15) is 0 Å². The minimum atomic E-state index is -0.895. The molecule has 1 aliphatic heterocycles. The van der Waals surface area contributed by atoms with Crippen LogP contribution in [-0.2, 0) is 28.7 Å². The molecular formula is C29H60N6O9. The summed E-state index contributed by atoms with van der Waals surface area (Å²) in [7, 11) is 1.00. The molecular weight excluding hydrogens is 576 g/mol. The van der Waals surface area contributed by atoms with E-state index in [0.717, 1.165) is 52.4 Å². The molecule has 0 bridgehead atoms. The molecule has 0 unspecified atom stereocenters. The van der Waals surface area contributed by atoms with Crippen LogP contribution in [0.15, 0.2) is 0 Å². The summed E-state index contributed by atoms with van der Waals surface area (Å²) in [6.45, 7) is 16.2. The number of nitrogens with one attached hydrogen (secondary N) is 2. The summed E-state index contributed by atoms with van der Waals surface area (Å²) in [4.78, 5) is 63.3. The van der Waals surface area contributed by atoms with Crippen LogP contribution in [0.2, 0.25) is 0 Å². The fourth-order valence-electron chi connectivity index (χ4n) is 3.97. The van der Waals surface area contributed by atoms with Gasteiger partial charge in [-0.15, -0.1) is 0 Å². The van der Waals surface area contributed by atoms with E-state index in [0.29, 0.717) is 72.0 Å². The highest BCUT2D eigenvalue weighted by Crippen LogP contribution is 2.01. The minimum Gasteiger partial charge on any atom is -0.483 e. The van der Waals surface area contributed by atoms with E-state index in [1.54, 1.807) is 0 Å².